The van der Waals surface area contributed by atoms with Crippen LogP contribution >= 0.6 is 0 Å². The van der Waals surface area contributed by atoms with E-state index in [4.69, 9.17) is 9.47 Å². The average Bonchev–Trinajstić information content (AvgIpc) is 2.06. The van der Waals surface area contributed by atoms with Crippen molar-refractivity contribution in [3.63, 3.8) is 0 Å². The molecule has 0 aromatic heterocycles. The summed E-state index contributed by atoms with van der Waals surface area (Å²) >= 11 is 0. The molecule has 2 N–H and O–H groups in total. The van der Waals surface area contributed by atoms with Gasteiger partial charge in [-0.3, -0.25) is 0 Å². The highest BCUT2D eigenvalue weighted by molar-refractivity contribution is 5.67. The van der Waals surface area contributed by atoms with E-state index in [0.717, 1.165) is 12.8 Å². The summed E-state index contributed by atoms with van der Waals surface area (Å²) < 4.78 is 10.2. The van der Waals surface area contributed by atoms with E-state index in [1.165, 1.54) is 0 Å². The third kappa shape index (κ3) is 13.1. The summed E-state index contributed by atoms with van der Waals surface area (Å²) in [4.78, 5) is 11.2. The number of nitrogens with one attached hydrogen (secondary N) is 1. The number of carbonyl (C=O) groups excluding carboxylic acids is 1. The number of aliphatic hydroxyl groups is 1. The zero-order valence-corrected chi connectivity index (χ0v) is 11.5. The Kier molecular flexibility index (Phi) is 6.49. The van der Waals surface area contributed by atoms with Gasteiger partial charge in [0, 0.05) is 6.54 Å². The summed E-state index contributed by atoms with van der Waals surface area (Å²) in [5, 5.41) is 11.9. The van der Waals surface area contributed by atoms with Crippen LogP contribution in [0.1, 0.15) is 47.5 Å². The molecule has 0 heterocycles. The molecule has 0 radical (unpaired) electrons. The van der Waals surface area contributed by atoms with Gasteiger partial charge in [0.25, 0.3) is 0 Å². The van der Waals surface area contributed by atoms with E-state index in [-0.39, 0.29) is 0 Å². The number of hydrogen-bond donors (Lipinski definition) is 2. The second kappa shape index (κ2) is 6.81. The number of unbranched alkanes of at least 4 members (excludes halogenated alkanes) is 1. The van der Waals surface area contributed by atoms with Gasteiger partial charge in [-0.1, -0.05) is 0 Å². The van der Waals surface area contributed by atoms with Gasteiger partial charge >= 0.3 is 6.09 Å². The van der Waals surface area contributed by atoms with Gasteiger partial charge in [-0.15, -0.1) is 0 Å². The van der Waals surface area contributed by atoms with Gasteiger partial charge in [0.05, 0.1) is 6.61 Å². The summed E-state index contributed by atoms with van der Waals surface area (Å²) in [7, 11) is 0. The van der Waals surface area contributed by atoms with Crippen molar-refractivity contribution in [3.05, 3.63) is 0 Å². The molecule has 0 aromatic rings. The Hall–Kier alpha value is -0.810. The Morgan fingerprint density at radius 1 is 1.18 bits per heavy atom. The van der Waals surface area contributed by atoms with Crippen LogP contribution in [0.15, 0.2) is 0 Å². The van der Waals surface area contributed by atoms with Crippen molar-refractivity contribution in [1.29, 1.82) is 0 Å². The number of hydrogen-bond acceptors (Lipinski definition) is 4. The molecule has 17 heavy (non-hydrogen) atoms. The maximum atomic E-state index is 11.2. The zero-order valence-electron chi connectivity index (χ0n) is 11.5. The van der Waals surface area contributed by atoms with Gasteiger partial charge in [-0.2, -0.15) is 0 Å². The number of rotatable bonds is 6. The van der Waals surface area contributed by atoms with Crippen LogP contribution in [0.2, 0.25) is 0 Å². The fraction of sp³-hybridized carbons (Fsp3) is 0.917. The monoisotopic (exact) mass is 247 g/mol. The highest BCUT2D eigenvalue weighted by atomic mass is 16.6. The molecule has 0 aliphatic rings. The predicted octanol–water partition coefficient (Wildman–Crippen LogP) is 2.04. The standard InChI is InChI=1S/C12H25NO4/c1-11(2,3)17-10(14)13-8-6-7-9-16-12(4,5)15/h15H,6-9H2,1-5H3,(H,13,14). The van der Waals surface area contributed by atoms with Gasteiger partial charge < -0.3 is 19.9 Å². The minimum absolute atomic E-state index is 0.402. The smallest absolute Gasteiger partial charge is 0.407 e. The molecule has 1 amide bonds. The summed E-state index contributed by atoms with van der Waals surface area (Å²) in [6, 6.07) is 0. The van der Waals surface area contributed by atoms with E-state index in [1.807, 2.05) is 20.8 Å². The summed E-state index contributed by atoms with van der Waals surface area (Å²) in [6.07, 6.45) is 1.16. The van der Waals surface area contributed by atoms with Crippen molar-refractivity contribution in [2.24, 2.45) is 0 Å². The van der Waals surface area contributed by atoms with Gasteiger partial charge in [-0.05, 0) is 47.5 Å². The van der Waals surface area contributed by atoms with Crippen LogP contribution in [0.4, 0.5) is 4.79 Å². The second-order valence-electron chi connectivity index (χ2n) is 5.43. The van der Waals surface area contributed by atoms with Gasteiger partial charge in [0.2, 0.25) is 0 Å². The molecule has 0 saturated carbocycles. The lowest BCUT2D eigenvalue weighted by molar-refractivity contribution is -0.176. The number of carbonyl (C=O) groups is 1. The Balaban J connectivity index is 3.44. The van der Waals surface area contributed by atoms with Crippen molar-refractivity contribution in [3.8, 4) is 0 Å². The first-order valence-electron chi connectivity index (χ1n) is 5.93. The van der Waals surface area contributed by atoms with E-state index >= 15 is 0 Å². The third-order valence-corrected chi connectivity index (χ3v) is 1.69. The Morgan fingerprint density at radius 3 is 2.24 bits per heavy atom. The quantitative estimate of drug-likeness (QED) is 0.556. The molecule has 0 aliphatic carbocycles. The molecule has 0 unspecified atom stereocenters. The molecule has 0 aliphatic heterocycles. The van der Waals surface area contributed by atoms with E-state index in [1.54, 1.807) is 13.8 Å². The van der Waals surface area contributed by atoms with Crippen molar-refractivity contribution in [2.75, 3.05) is 13.2 Å². The molecule has 5 nitrogen and oxygen atoms in total. The summed E-state index contributed by atoms with van der Waals surface area (Å²) in [5.74, 6) is -1.08. The number of amides is 1. The number of alkyl carbamates (subject to hydrolysis) is 1. The van der Waals surface area contributed by atoms with Crippen molar-refractivity contribution >= 4 is 6.09 Å². The fourth-order valence-corrected chi connectivity index (χ4v) is 1.05. The Morgan fingerprint density at radius 2 is 1.76 bits per heavy atom. The molecule has 0 saturated heterocycles. The molecule has 5 heteroatoms. The Bertz CT molecular complexity index is 228. The van der Waals surface area contributed by atoms with Gasteiger partial charge in [0.1, 0.15) is 5.60 Å². The Labute approximate surface area is 103 Å². The zero-order chi connectivity index (χ0) is 13.5. The normalized spacial score (nSPS) is 12.4. The topological polar surface area (TPSA) is 67.8 Å². The van der Waals surface area contributed by atoms with Crippen molar-refractivity contribution in [1.82, 2.24) is 5.32 Å². The van der Waals surface area contributed by atoms with Crippen LogP contribution < -0.4 is 5.32 Å². The molecule has 0 aromatic carbocycles. The van der Waals surface area contributed by atoms with E-state index in [2.05, 4.69) is 5.32 Å². The molecule has 0 spiro atoms. The molecule has 102 valence electrons. The summed E-state index contributed by atoms with van der Waals surface area (Å²) in [5.41, 5.74) is -0.464. The first kappa shape index (κ1) is 16.2. The SMILES string of the molecule is CC(C)(C)OC(=O)NCCCCOC(C)(C)O. The molecule has 0 fully saturated rings. The first-order chi connectivity index (χ1) is 7.60. The van der Waals surface area contributed by atoms with E-state index in [9.17, 15) is 9.90 Å². The maximum Gasteiger partial charge on any atom is 0.407 e. The van der Waals surface area contributed by atoms with Crippen LogP contribution in [0.3, 0.4) is 0 Å². The van der Waals surface area contributed by atoms with E-state index in [0.29, 0.717) is 13.2 Å². The fourth-order valence-electron chi connectivity index (χ4n) is 1.05. The van der Waals surface area contributed by atoms with Crippen molar-refractivity contribution in [2.45, 2.75) is 58.8 Å². The van der Waals surface area contributed by atoms with Crippen LogP contribution in [0, 0.1) is 0 Å². The maximum absolute atomic E-state index is 11.2. The molecular weight excluding hydrogens is 222 g/mol. The molecule has 0 rings (SSSR count). The molecule has 0 atom stereocenters. The lowest BCUT2D eigenvalue weighted by Gasteiger charge is -2.20. The van der Waals surface area contributed by atoms with E-state index < -0.39 is 17.5 Å². The number of ether oxygens (including phenoxy) is 2. The largest absolute Gasteiger partial charge is 0.444 e. The summed E-state index contributed by atoms with van der Waals surface area (Å²) in [6.45, 7) is 9.67. The predicted molar refractivity (Wildman–Crippen MR) is 65.7 cm³/mol. The lowest BCUT2D eigenvalue weighted by atomic mass is 10.2. The van der Waals surface area contributed by atoms with Crippen LogP contribution in [0.25, 0.3) is 0 Å². The lowest BCUT2D eigenvalue weighted by Crippen LogP contribution is -2.33. The molecule has 0 bridgehead atoms. The highest BCUT2D eigenvalue weighted by Gasteiger charge is 2.15. The van der Waals surface area contributed by atoms with Crippen molar-refractivity contribution < 1.29 is 19.4 Å². The van der Waals surface area contributed by atoms with Crippen LogP contribution in [-0.4, -0.2) is 35.7 Å². The van der Waals surface area contributed by atoms with Crippen LogP contribution in [-0.2, 0) is 9.47 Å². The average molecular weight is 247 g/mol. The minimum Gasteiger partial charge on any atom is -0.444 e. The molecular formula is C12H25NO4. The highest BCUT2D eigenvalue weighted by Crippen LogP contribution is 2.06. The minimum atomic E-state index is -1.08. The van der Waals surface area contributed by atoms with Crippen LogP contribution in [0.5, 0.6) is 0 Å². The van der Waals surface area contributed by atoms with Gasteiger partial charge in [0.15, 0.2) is 5.79 Å². The third-order valence-electron chi connectivity index (χ3n) is 1.69. The van der Waals surface area contributed by atoms with Gasteiger partial charge in [-0.25, -0.2) is 4.79 Å². The second-order valence-corrected chi connectivity index (χ2v) is 5.43. The first-order valence-corrected chi connectivity index (χ1v) is 5.93.